The Bertz CT molecular complexity index is 267. The van der Waals surface area contributed by atoms with Gasteiger partial charge >= 0.3 is 0 Å². The van der Waals surface area contributed by atoms with Crippen molar-refractivity contribution in [2.45, 2.75) is 6.10 Å². The highest BCUT2D eigenvalue weighted by molar-refractivity contribution is 6.34. The zero-order valence-corrected chi connectivity index (χ0v) is 8.77. The van der Waals surface area contributed by atoms with Gasteiger partial charge in [0.2, 0.25) is 0 Å². The molecule has 0 heterocycles. The second-order valence-electron chi connectivity index (χ2n) is 2.66. The van der Waals surface area contributed by atoms with E-state index >= 15 is 0 Å². The fourth-order valence-corrected chi connectivity index (χ4v) is 1.67. The Kier molecular flexibility index (Phi) is 4.00. The third-order valence-electron chi connectivity index (χ3n) is 1.76. The average Bonchev–Trinajstić information content (AvgIpc) is 2.04. The van der Waals surface area contributed by atoms with E-state index in [9.17, 15) is 0 Å². The molecule has 2 nitrogen and oxygen atoms in total. The molecule has 4 heteroatoms. The van der Waals surface area contributed by atoms with E-state index in [-0.39, 0.29) is 6.10 Å². The predicted octanol–water partition coefficient (Wildman–Crippen LogP) is 2.64. The van der Waals surface area contributed by atoms with Crippen molar-refractivity contribution in [3.63, 3.8) is 0 Å². The lowest BCUT2D eigenvalue weighted by atomic mass is 10.1. The summed E-state index contributed by atoms with van der Waals surface area (Å²) in [5.41, 5.74) is 6.41. The maximum Gasteiger partial charge on any atom is 0.0944 e. The minimum absolute atomic E-state index is 0.142. The highest BCUT2D eigenvalue weighted by Crippen LogP contribution is 2.24. The van der Waals surface area contributed by atoms with Gasteiger partial charge < -0.3 is 10.5 Å². The molecule has 0 aliphatic heterocycles. The number of halogens is 2. The molecule has 0 aromatic heterocycles. The van der Waals surface area contributed by atoms with Crippen LogP contribution in [-0.4, -0.2) is 13.7 Å². The number of methoxy groups -OCH3 is 1. The molecule has 2 N–H and O–H groups in total. The first-order valence-electron chi connectivity index (χ1n) is 3.86. The molecule has 1 atom stereocenters. The molecule has 0 bridgehead atoms. The maximum atomic E-state index is 5.83. The number of hydrogen-bond donors (Lipinski definition) is 1. The molecule has 1 unspecified atom stereocenters. The normalized spacial score (nSPS) is 12.9. The maximum absolute atomic E-state index is 5.83. The molecule has 0 fully saturated rings. The first-order chi connectivity index (χ1) is 6.17. The predicted molar refractivity (Wildman–Crippen MR) is 55.3 cm³/mol. The Hall–Kier alpha value is -0.280. The van der Waals surface area contributed by atoms with Crippen molar-refractivity contribution >= 4 is 23.2 Å². The van der Waals surface area contributed by atoms with Gasteiger partial charge in [-0.3, -0.25) is 0 Å². The minimum atomic E-state index is -0.142. The molecule has 0 aliphatic rings. The van der Waals surface area contributed by atoms with Gasteiger partial charge in [0.25, 0.3) is 0 Å². The summed E-state index contributed by atoms with van der Waals surface area (Å²) >= 11 is 11.7. The van der Waals surface area contributed by atoms with Gasteiger partial charge in [-0.1, -0.05) is 23.2 Å². The minimum Gasteiger partial charge on any atom is -0.375 e. The molecule has 0 radical (unpaired) electrons. The molecular weight excluding hydrogens is 209 g/mol. The average molecular weight is 220 g/mol. The van der Waals surface area contributed by atoms with Gasteiger partial charge in [-0.15, -0.1) is 0 Å². The number of benzene rings is 1. The van der Waals surface area contributed by atoms with Gasteiger partial charge in [0.15, 0.2) is 0 Å². The van der Waals surface area contributed by atoms with Crippen molar-refractivity contribution in [2.24, 2.45) is 5.73 Å². The highest BCUT2D eigenvalue weighted by atomic mass is 35.5. The van der Waals surface area contributed by atoms with Crippen molar-refractivity contribution < 1.29 is 4.74 Å². The third kappa shape index (κ3) is 2.85. The quantitative estimate of drug-likeness (QED) is 0.849. The highest BCUT2D eigenvalue weighted by Gasteiger charge is 2.09. The van der Waals surface area contributed by atoms with E-state index in [4.69, 9.17) is 33.7 Å². The standard InChI is InChI=1S/C9H11Cl2NO/c1-13-9(5-12)6-2-7(10)4-8(11)3-6/h2-4,9H,5,12H2,1H3. The second-order valence-corrected chi connectivity index (χ2v) is 3.54. The lowest BCUT2D eigenvalue weighted by Gasteiger charge is -2.13. The first-order valence-corrected chi connectivity index (χ1v) is 4.62. The van der Waals surface area contributed by atoms with Crippen molar-refractivity contribution in [2.75, 3.05) is 13.7 Å². The van der Waals surface area contributed by atoms with E-state index in [1.54, 1.807) is 25.3 Å². The lowest BCUT2D eigenvalue weighted by Crippen LogP contribution is -2.14. The number of nitrogens with two attached hydrogens (primary N) is 1. The molecular formula is C9H11Cl2NO. The lowest BCUT2D eigenvalue weighted by molar-refractivity contribution is 0.110. The van der Waals surface area contributed by atoms with Crippen molar-refractivity contribution in [3.8, 4) is 0 Å². The van der Waals surface area contributed by atoms with Crippen molar-refractivity contribution in [3.05, 3.63) is 33.8 Å². The largest absolute Gasteiger partial charge is 0.375 e. The molecule has 0 spiro atoms. The molecule has 1 aromatic carbocycles. The fourth-order valence-electron chi connectivity index (χ4n) is 1.13. The summed E-state index contributed by atoms with van der Waals surface area (Å²) in [4.78, 5) is 0. The van der Waals surface area contributed by atoms with Gasteiger partial charge in [-0.25, -0.2) is 0 Å². The van der Waals surface area contributed by atoms with E-state index < -0.39 is 0 Å². The summed E-state index contributed by atoms with van der Waals surface area (Å²) in [6, 6.07) is 5.28. The first kappa shape index (κ1) is 10.8. The molecule has 72 valence electrons. The van der Waals surface area contributed by atoms with Crippen LogP contribution in [0, 0.1) is 0 Å². The monoisotopic (exact) mass is 219 g/mol. The molecule has 13 heavy (non-hydrogen) atoms. The summed E-state index contributed by atoms with van der Waals surface area (Å²) in [6.45, 7) is 0.410. The smallest absolute Gasteiger partial charge is 0.0944 e. The van der Waals surface area contributed by atoms with E-state index in [0.29, 0.717) is 16.6 Å². The molecule has 1 rings (SSSR count). The van der Waals surface area contributed by atoms with Crippen LogP contribution in [0.25, 0.3) is 0 Å². The molecule has 0 amide bonds. The summed E-state index contributed by atoms with van der Waals surface area (Å²) in [7, 11) is 1.60. The van der Waals surface area contributed by atoms with Crippen LogP contribution in [0.1, 0.15) is 11.7 Å². The summed E-state index contributed by atoms with van der Waals surface area (Å²) in [6.07, 6.45) is -0.142. The van der Waals surface area contributed by atoms with Crippen molar-refractivity contribution in [1.82, 2.24) is 0 Å². The van der Waals surface area contributed by atoms with Crippen LogP contribution in [0.5, 0.6) is 0 Å². The van der Waals surface area contributed by atoms with Gasteiger partial charge in [0.1, 0.15) is 0 Å². The Balaban J connectivity index is 2.99. The topological polar surface area (TPSA) is 35.2 Å². The molecule has 0 saturated heterocycles. The summed E-state index contributed by atoms with van der Waals surface area (Å²) in [5.74, 6) is 0. The van der Waals surface area contributed by atoms with Crippen LogP contribution < -0.4 is 5.73 Å². The van der Waals surface area contributed by atoms with E-state index in [1.165, 1.54) is 0 Å². The van der Waals surface area contributed by atoms with Gasteiger partial charge in [0, 0.05) is 23.7 Å². The Morgan fingerprint density at radius 2 is 1.85 bits per heavy atom. The zero-order chi connectivity index (χ0) is 9.84. The SMILES string of the molecule is COC(CN)c1cc(Cl)cc(Cl)c1. The Morgan fingerprint density at radius 1 is 1.31 bits per heavy atom. The third-order valence-corrected chi connectivity index (χ3v) is 2.19. The van der Waals surface area contributed by atoms with E-state index in [0.717, 1.165) is 5.56 Å². The van der Waals surface area contributed by atoms with Gasteiger partial charge in [-0.2, -0.15) is 0 Å². The Morgan fingerprint density at radius 3 is 2.23 bits per heavy atom. The van der Waals surface area contributed by atoms with Gasteiger partial charge in [0.05, 0.1) is 6.10 Å². The molecule has 0 aliphatic carbocycles. The van der Waals surface area contributed by atoms with Crippen LogP contribution in [0.3, 0.4) is 0 Å². The zero-order valence-electron chi connectivity index (χ0n) is 7.26. The van der Waals surface area contributed by atoms with Crippen LogP contribution in [0.15, 0.2) is 18.2 Å². The number of hydrogen-bond acceptors (Lipinski definition) is 2. The van der Waals surface area contributed by atoms with Crippen LogP contribution in [0.2, 0.25) is 10.0 Å². The van der Waals surface area contributed by atoms with Crippen LogP contribution in [-0.2, 0) is 4.74 Å². The molecule has 0 saturated carbocycles. The van der Waals surface area contributed by atoms with E-state index in [1.807, 2.05) is 0 Å². The Labute approximate surface area is 87.6 Å². The van der Waals surface area contributed by atoms with Crippen LogP contribution >= 0.6 is 23.2 Å². The van der Waals surface area contributed by atoms with Gasteiger partial charge in [-0.05, 0) is 23.8 Å². The van der Waals surface area contributed by atoms with Crippen molar-refractivity contribution in [1.29, 1.82) is 0 Å². The van der Waals surface area contributed by atoms with Crippen LogP contribution in [0.4, 0.5) is 0 Å². The number of ether oxygens (including phenoxy) is 1. The summed E-state index contributed by atoms with van der Waals surface area (Å²) < 4.78 is 5.15. The second kappa shape index (κ2) is 4.82. The fraction of sp³-hybridized carbons (Fsp3) is 0.333. The number of rotatable bonds is 3. The summed E-state index contributed by atoms with van der Waals surface area (Å²) in [5, 5.41) is 1.19. The molecule has 1 aromatic rings. The van der Waals surface area contributed by atoms with E-state index in [2.05, 4.69) is 0 Å².